The van der Waals surface area contributed by atoms with Crippen molar-refractivity contribution in [2.24, 2.45) is 7.05 Å². The SMILES string of the molecule is CCc1nnc2n1CCN(Cc1cnn(C)c1)C2. The maximum atomic E-state index is 4.28. The molecular weight excluding hydrogens is 228 g/mol. The fourth-order valence-electron chi connectivity index (χ4n) is 2.48. The van der Waals surface area contributed by atoms with Gasteiger partial charge in [0.05, 0.1) is 12.7 Å². The highest BCUT2D eigenvalue weighted by Gasteiger charge is 2.20. The molecule has 18 heavy (non-hydrogen) atoms. The molecule has 0 fully saturated rings. The van der Waals surface area contributed by atoms with Gasteiger partial charge in [-0.1, -0.05) is 6.92 Å². The highest BCUT2D eigenvalue weighted by molar-refractivity contribution is 5.05. The topological polar surface area (TPSA) is 51.8 Å². The minimum absolute atomic E-state index is 0.877. The molecule has 2 aromatic rings. The molecule has 0 aromatic carbocycles. The van der Waals surface area contributed by atoms with Gasteiger partial charge in [-0.05, 0) is 0 Å². The van der Waals surface area contributed by atoms with Crippen molar-refractivity contribution in [2.75, 3.05) is 6.54 Å². The second-order valence-electron chi connectivity index (χ2n) is 4.77. The van der Waals surface area contributed by atoms with E-state index in [0.717, 1.165) is 44.2 Å². The van der Waals surface area contributed by atoms with E-state index in [1.165, 1.54) is 5.56 Å². The zero-order valence-corrected chi connectivity index (χ0v) is 10.9. The van der Waals surface area contributed by atoms with Gasteiger partial charge in [0.25, 0.3) is 0 Å². The summed E-state index contributed by atoms with van der Waals surface area (Å²) >= 11 is 0. The number of rotatable bonds is 3. The van der Waals surface area contributed by atoms with E-state index in [1.54, 1.807) is 0 Å². The summed E-state index contributed by atoms with van der Waals surface area (Å²) in [7, 11) is 1.95. The second kappa shape index (κ2) is 4.53. The lowest BCUT2D eigenvalue weighted by Crippen LogP contribution is -2.33. The third-order valence-electron chi connectivity index (χ3n) is 3.39. The van der Waals surface area contributed by atoms with Crippen LogP contribution >= 0.6 is 0 Å². The molecule has 3 rings (SSSR count). The molecule has 2 aromatic heterocycles. The minimum Gasteiger partial charge on any atom is -0.313 e. The molecule has 1 aliphatic heterocycles. The zero-order valence-electron chi connectivity index (χ0n) is 10.9. The van der Waals surface area contributed by atoms with Crippen LogP contribution in [0.4, 0.5) is 0 Å². The summed E-state index contributed by atoms with van der Waals surface area (Å²) in [6.45, 7) is 5.97. The van der Waals surface area contributed by atoms with Crippen LogP contribution in [0.25, 0.3) is 0 Å². The molecule has 6 heteroatoms. The molecule has 0 unspecified atom stereocenters. The zero-order chi connectivity index (χ0) is 12.5. The maximum Gasteiger partial charge on any atom is 0.147 e. The summed E-state index contributed by atoms with van der Waals surface area (Å²) in [6.07, 6.45) is 4.95. The third kappa shape index (κ3) is 2.03. The summed E-state index contributed by atoms with van der Waals surface area (Å²) in [5.41, 5.74) is 1.25. The monoisotopic (exact) mass is 246 g/mol. The van der Waals surface area contributed by atoms with Gasteiger partial charge in [0.15, 0.2) is 0 Å². The Morgan fingerprint density at radius 2 is 2.17 bits per heavy atom. The van der Waals surface area contributed by atoms with Crippen LogP contribution in [0.1, 0.15) is 24.1 Å². The Labute approximate surface area is 106 Å². The molecule has 1 aliphatic rings. The van der Waals surface area contributed by atoms with Crippen LogP contribution in [-0.4, -0.2) is 36.0 Å². The van der Waals surface area contributed by atoms with Crippen LogP contribution in [-0.2, 0) is 33.1 Å². The predicted octanol–water partition coefficient (Wildman–Crippen LogP) is 0.590. The summed E-state index contributed by atoms with van der Waals surface area (Å²) in [6, 6.07) is 0. The third-order valence-corrected chi connectivity index (χ3v) is 3.39. The van der Waals surface area contributed by atoms with Gasteiger partial charge in [-0.2, -0.15) is 5.10 Å². The van der Waals surface area contributed by atoms with Crippen molar-refractivity contribution in [3.05, 3.63) is 29.6 Å². The van der Waals surface area contributed by atoms with E-state index in [2.05, 4.69) is 37.9 Å². The number of hydrogen-bond acceptors (Lipinski definition) is 4. The van der Waals surface area contributed by atoms with E-state index in [4.69, 9.17) is 0 Å². The van der Waals surface area contributed by atoms with Gasteiger partial charge in [0.2, 0.25) is 0 Å². The molecule has 0 aliphatic carbocycles. The van der Waals surface area contributed by atoms with Gasteiger partial charge >= 0.3 is 0 Å². The van der Waals surface area contributed by atoms with Gasteiger partial charge in [-0.25, -0.2) is 0 Å². The second-order valence-corrected chi connectivity index (χ2v) is 4.77. The maximum absolute atomic E-state index is 4.28. The number of hydrogen-bond donors (Lipinski definition) is 0. The van der Waals surface area contributed by atoms with Gasteiger partial charge in [0.1, 0.15) is 11.6 Å². The minimum atomic E-state index is 0.877. The van der Waals surface area contributed by atoms with E-state index >= 15 is 0 Å². The van der Waals surface area contributed by atoms with Crippen molar-refractivity contribution in [1.29, 1.82) is 0 Å². The Balaban J connectivity index is 1.71. The van der Waals surface area contributed by atoms with E-state index < -0.39 is 0 Å². The molecule has 0 amide bonds. The fourth-order valence-corrected chi connectivity index (χ4v) is 2.48. The number of fused-ring (bicyclic) bond motifs is 1. The van der Waals surface area contributed by atoms with Gasteiger partial charge < -0.3 is 4.57 Å². The van der Waals surface area contributed by atoms with Crippen molar-refractivity contribution in [2.45, 2.75) is 33.0 Å². The molecule has 3 heterocycles. The molecule has 96 valence electrons. The van der Waals surface area contributed by atoms with E-state index in [1.807, 2.05) is 17.9 Å². The summed E-state index contributed by atoms with van der Waals surface area (Å²) < 4.78 is 4.09. The van der Waals surface area contributed by atoms with Crippen molar-refractivity contribution < 1.29 is 0 Å². The Bertz CT molecular complexity index is 541. The summed E-state index contributed by atoms with van der Waals surface area (Å²) in [5.74, 6) is 2.19. The highest BCUT2D eigenvalue weighted by Crippen LogP contribution is 2.15. The van der Waals surface area contributed by atoms with Crippen LogP contribution in [0.2, 0.25) is 0 Å². The number of aryl methyl sites for hydroxylation is 2. The first-order valence-electron chi connectivity index (χ1n) is 6.37. The van der Waals surface area contributed by atoms with E-state index in [-0.39, 0.29) is 0 Å². The van der Waals surface area contributed by atoms with Crippen LogP contribution in [0.3, 0.4) is 0 Å². The summed E-state index contributed by atoms with van der Waals surface area (Å²) in [4.78, 5) is 2.39. The smallest absolute Gasteiger partial charge is 0.147 e. The van der Waals surface area contributed by atoms with Crippen molar-refractivity contribution in [3.8, 4) is 0 Å². The fraction of sp³-hybridized carbons (Fsp3) is 0.583. The van der Waals surface area contributed by atoms with Crippen molar-refractivity contribution in [3.63, 3.8) is 0 Å². The molecule has 6 nitrogen and oxygen atoms in total. The normalized spacial score (nSPS) is 15.9. The molecule has 0 saturated carbocycles. The van der Waals surface area contributed by atoms with E-state index in [0.29, 0.717) is 0 Å². The largest absolute Gasteiger partial charge is 0.313 e. The molecule has 0 N–H and O–H groups in total. The quantitative estimate of drug-likeness (QED) is 0.795. The number of aromatic nitrogens is 5. The average molecular weight is 246 g/mol. The summed E-state index contributed by atoms with van der Waals surface area (Å²) in [5, 5.41) is 12.7. The molecular formula is C12H18N6. The lowest BCUT2D eigenvalue weighted by Gasteiger charge is -2.27. The standard InChI is InChI=1S/C12H18N6/c1-3-11-14-15-12-9-17(4-5-18(11)12)8-10-6-13-16(2)7-10/h6-7H,3-5,8-9H2,1-2H3. The number of nitrogens with zero attached hydrogens (tertiary/aromatic N) is 6. The Kier molecular flexibility index (Phi) is 2.87. The predicted molar refractivity (Wildman–Crippen MR) is 66.7 cm³/mol. The molecule has 0 bridgehead atoms. The first-order chi connectivity index (χ1) is 8.76. The Morgan fingerprint density at radius 3 is 2.89 bits per heavy atom. The van der Waals surface area contributed by atoms with Gasteiger partial charge in [-0.15, -0.1) is 10.2 Å². The van der Waals surface area contributed by atoms with Gasteiger partial charge in [-0.3, -0.25) is 9.58 Å². The van der Waals surface area contributed by atoms with Crippen LogP contribution in [0.15, 0.2) is 12.4 Å². The Hall–Kier alpha value is -1.69. The van der Waals surface area contributed by atoms with E-state index in [9.17, 15) is 0 Å². The van der Waals surface area contributed by atoms with Crippen LogP contribution < -0.4 is 0 Å². The van der Waals surface area contributed by atoms with Crippen LogP contribution in [0, 0.1) is 0 Å². The molecule has 0 atom stereocenters. The lowest BCUT2D eigenvalue weighted by atomic mass is 10.3. The molecule has 0 radical (unpaired) electrons. The molecule has 0 saturated heterocycles. The highest BCUT2D eigenvalue weighted by atomic mass is 15.3. The van der Waals surface area contributed by atoms with Crippen LogP contribution in [0.5, 0.6) is 0 Å². The lowest BCUT2D eigenvalue weighted by molar-refractivity contribution is 0.207. The van der Waals surface area contributed by atoms with Crippen molar-refractivity contribution in [1.82, 2.24) is 29.4 Å². The van der Waals surface area contributed by atoms with Crippen molar-refractivity contribution >= 4 is 0 Å². The average Bonchev–Trinajstić information content (AvgIpc) is 2.95. The molecule has 0 spiro atoms. The first kappa shape index (κ1) is 11.4. The first-order valence-corrected chi connectivity index (χ1v) is 6.37. The Morgan fingerprint density at radius 1 is 1.28 bits per heavy atom. The van der Waals surface area contributed by atoms with Gasteiger partial charge in [0, 0.05) is 44.9 Å².